The molecule has 5 heteroatoms. The molecule has 0 aromatic heterocycles. The zero-order valence-corrected chi connectivity index (χ0v) is 11.8. The summed E-state index contributed by atoms with van der Waals surface area (Å²) in [6, 6.07) is 0. The first-order chi connectivity index (χ1) is 7.06. The Bertz CT molecular complexity index is 154. The molecule has 0 spiro atoms. The van der Waals surface area contributed by atoms with Gasteiger partial charge in [-0.05, 0) is 6.42 Å². The van der Waals surface area contributed by atoms with Crippen molar-refractivity contribution in [1.82, 2.24) is 0 Å². The summed E-state index contributed by atoms with van der Waals surface area (Å²) in [5, 5.41) is 27.4. The van der Waals surface area contributed by atoms with E-state index < -0.39 is 12.1 Å². The Morgan fingerprint density at radius 3 is 2.13 bits per heavy atom. The lowest BCUT2D eigenvalue weighted by atomic mass is 10.0. The van der Waals surface area contributed by atoms with Crippen molar-refractivity contribution in [3.63, 3.8) is 0 Å². The summed E-state index contributed by atoms with van der Waals surface area (Å²) in [6.07, 6.45) is 5.05. The van der Waals surface area contributed by atoms with E-state index in [1.807, 2.05) is 0 Å². The molecule has 0 bridgehead atoms. The highest BCUT2D eigenvalue weighted by atomic mass is 28.2. The Morgan fingerprint density at radius 2 is 1.67 bits per heavy atom. The van der Waals surface area contributed by atoms with Crippen LogP contribution in [-0.2, 0) is 4.43 Å². The molecule has 1 atom stereocenters. The van der Waals surface area contributed by atoms with E-state index in [1.165, 1.54) is 19.3 Å². The molecule has 92 valence electrons. The van der Waals surface area contributed by atoms with Crippen LogP contribution in [0, 0.1) is 0 Å². The van der Waals surface area contributed by atoms with Crippen molar-refractivity contribution in [1.29, 1.82) is 0 Å². The van der Waals surface area contributed by atoms with Crippen LogP contribution in [-0.4, -0.2) is 37.9 Å². The Morgan fingerprint density at radius 1 is 1.13 bits per heavy atom. The molecule has 4 nitrogen and oxygen atoms in total. The van der Waals surface area contributed by atoms with E-state index in [9.17, 15) is 5.11 Å². The molecule has 0 heterocycles. The molecule has 15 heavy (non-hydrogen) atoms. The van der Waals surface area contributed by atoms with Crippen LogP contribution >= 0.6 is 0 Å². The minimum absolute atomic E-state index is 0.292. The van der Waals surface area contributed by atoms with Crippen molar-refractivity contribution < 1.29 is 19.7 Å². The highest BCUT2D eigenvalue weighted by Crippen LogP contribution is 2.19. The van der Waals surface area contributed by atoms with Gasteiger partial charge in [0.1, 0.15) is 10.5 Å². The van der Waals surface area contributed by atoms with Crippen LogP contribution in [0.3, 0.4) is 0 Å². The lowest BCUT2D eigenvalue weighted by Gasteiger charge is -2.28. The molecule has 0 radical (unpaired) electrons. The largest absolute Gasteiger partial charge is 0.398 e. The Labute approximate surface area is 94.8 Å². The molecule has 0 fully saturated rings. The van der Waals surface area contributed by atoms with Crippen LogP contribution in [0.15, 0.2) is 0 Å². The molecular formula is C10H24O4Si. The highest BCUT2D eigenvalue weighted by Gasteiger charge is 2.32. The lowest BCUT2D eigenvalue weighted by molar-refractivity contribution is -0.276. The van der Waals surface area contributed by atoms with E-state index in [2.05, 4.69) is 6.92 Å². The Hall–Kier alpha value is 0.0569. The van der Waals surface area contributed by atoms with Crippen LogP contribution in [0.2, 0.25) is 0 Å². The van der Waals surface area contributed by atoms with Crippen LogP contribution in [0.25, 0.3) is 0 Å². The summed E-state index contributed by atoms with van der Waals surface area (Å²) in [4.78, 5) is 0. The summed E-state index contributed by atoms with van der Waals surface area (Å²) in [7, 11) is 0.295. The summed E-state index contributed by atoms with van der Waals surface area (Å²) < 4.78 is 4.82. The highest BCUT2D eigenvalue weighted by molar-refractivity contribution is 5.98. The molecule has 0 rings (SSSR count). The zero-order valence-electron chi connectivity index (χ0n) is 9.78. The number of hydrogen-bond donors (Lipinski definition) is 3. The van der Waals surface area contributed by atoms with Crippen LogP contribution in [0.1, 0.15) is 51.9 Å². The first-order valence-corrected chi connectivity index (χ1v) is 6.52. The van der Waals surface area contributed by atoms with Gasteiger partial charge in [0.15, 0.2) is 0 Å². The maximum Gasteiger partial charge on any atom is 0.207 e. The molecule has 0 aromatic rings. The first-order valence-electron chi connectivity index (χ1n) is 5.70. The normalized spacial score (nSPS) is 15.8. The molecule has 0 amide bonds. The second-order valence-corrected chi connectivity index (χ2v) is 4.35. The second-order valence-electron chi connectivity index (χ2n) is 3.94. The predicted octanol–water partition coefficient (Wildman–Crippen LogP) is 0.0333. The van der Waals surface area contributed by atoms with Crippen molar-refractivity contribution in [2.75, 3.05) is 0 Å². The SMILES string of the molecule is CCCCCCCCC(O)(O[SiH3])C(O)O. The Balaban J connectivity index is 3.55. The fourth-order valence-corrected chi connectivity index (χ4v) is 1.91. The van der Waals surface area contributed by atoms with E-state index in [0.717, 1.165) is 19.3 Å². The fraction of sp³-hybridized carbons (Fsp3) is 1.00. The van der Waals surface area contributed by atoms with Crippen molar-refractivity contribution in [3.8, 4) is 0 Å². The average Bonchev–Trinajstić information content (AvgIpc) is 2.22. The van der Waals surface area contributed by atoms with Crippen LogP contribution in [0.4, 0.5) is 0 Å². The number of aliphatic hydroxyl groups excluding tert-OH is 1. The molecule has 0 saturated heterocycles. The van der Waals surface area contributed by atoms with Gasteiger partial charge in [-0.3, -0.25) is 0 Å². The number of rotatable bonds is 9. The van der Waals surface area contributed by atoms with Crippen molar-refractivity contribution in [2.45, 2.75) is 63.9 Å². The minimum atomic E-state index is -1.80. The molecule has 0 aliphatic heterocycles. The topological polar surface area (TPSA) is 69.9 Å². The van der Waals surface area contributed by atoms with E-state index in [-0.39, 0.29) is 0 Å². The summed E-state index contributed by atoms with van der Waals surface area (Å²) in [6.45, 7) is 2.16. The smallest absolute Gasteiger partial charge is 0.207 e. The molecule has 0 aliphatic carbocycles. The average molecular weight is 236 g/mol. The quantitative estimate of drug-likeness (QED) is 0.300. The van der Waals surface area contributed by atoms with Gasteiger partial charge >= 0.3 is 0 Å². The molecule has 3 N–H and O–H groups in total. The van der Waals surface area contributed by atoms with Crippen molar-refractivity contribution >= 4 is 10.5 Å². The first kappa shape index (κ1) is 15.1. The second kappa shape index (κ2) is 8.24. The summed E-state index contributed by atoms with van der Waals surface area (Å²) in [5.74, 6) is -1.74. The Kier molecular flexibility index (Phi) is 8.27. The van der Waals surface area contributed by atoms with Gasteiger partial charge in [-0.2, -0.15) is 0 Å². The maximum atomic E-state index is 9.61. The fourth-order valence-electron chi connectivity index (χ4n) is 1.50. The van der Waals surface area contributed by atoms with Gasteiger partial charge in [0, 0.05) is 6.42 Å². The van der Waals surface area contributed by atoms with Gasteiger partial charge < -0.3 is 19.7 Å². The van der Waals surface area contributed by atoms with Crippen LogP contribution in [0.5, 0.6) is 0 Å². The van der Waals surface area contributed by atoms with Gasteiger partial charge in [-0.15, -0.1) is 0 Å². The van der Waals surface area contributed by atoms with Gasteiger partial charge in [-0.1, -0.05) is 39.0 Å². The molecule has 0 aromatic carbocycles. The summed E-state index contributed by atoms with van der Waals surface area (Å²) >= 11 is 0. The molecular weight excluding hydrogens is 212 g/mol. The molecule has 1 unspecified atom stereocenters. The molecule has 0 aliphatic rings. The third-order valence-corrected chi connectivity index (χ3v) is 3.35. The summed E-state index contributed by atoms with van der Waals surface area (Å²) in [5.41, 5.74) is 0. The number of aliphatic hydroxyl groups is 3. The monoisotopic (exact) mass is 236 g/mol. The molecule has 0 saturated carbocycles. The van der Waals surface area contributed by atoms with Gasteiger partial charge in [0.2, 0.25) is 12.1 Å². The van der Waals surface area contributed by atoms with E-state index in [4.69, 9.17) is 14.6 Å². The third kappa shape index (κ3) is 6.27. The van der Waals surface area contributed by atoms with E-state index in [0.29, 0.717) is 16.9 Å². The van der Waals surface area contributed by atoms with E-state index >= 15 is 0 Å². The van der Waals surface area contributed by atoms with Gasteiger partial charge in [-0.25, -0.2) is 0 Å². The van der Waals surface area contributed by atoms with Gasteiger partial charge in [0.25, 0.3) is 0 Å². The lowest BCUT2D eigenvalue weighted by Crippen LogP contribution is -2.44. The van der Waals surface area contributed by atoms with E-state index in [1.54, 1.807) is 0 Å². The van der Waals surface area contributed by atoms with Crippen molar-refractivity contribution in [2.24, 2.45) is 0 Å². The van der Waals surface area contributed by atoms with Crippen molar-refractivity contribution in [3.05, 3.63) is 0 Å². The maximum absolute atomic E-state index is 9.61. The third-order valence-electron chi connectivity index (χ3n) is 2.65. The van der Waals surface area contributed by atoms with Gasteiger partial charge in [0.05, 0.1) is 0 Å². The standard InChI is InChI=1S/C10H24O4Si/c1-2-3-4-5-6-7-8-10(13,14-15)9(11)12/h9,11-13H,2-8H2,1,15H3. The number of unbranched alkanes of at least 4 members (excludes halogenated alkanes) is 5. The zero-order chi connectivity index (χ0) is 11.7. The number of hydrogen-bond acceptors (Lipinski definition) is 4. The minimum Gasteiger partial charge on any atom is -0.398 e. The van der Waals surface area contributed by atoms with Crippen LogP contribution < -0.4 is 0 Å². The predicted molar refractivity (Wildman–Crippen MR) is 62.2 cm³/mol.